The van der Waals surface area contributed by atoms with Crippen LogP contribution in [0.2, 0.25) is 0 Å². The number of likely N-dealkylation sites (tertiary alicyclic amines) is 1. The van der Waals surface area contributed by atoms with Crippen molar-refractivity contribution in [1.29, 1.82) is 0 Å². The van der Waals surface area contributed by atoms with Crippen molar-refractivity contribution in [3.63, 3.8) is 0 Å². The lowest BCUT2D eigenvalue weighted by Gasteiger charge is -2.16. The number of thiophene rings is 1. The third-order valence-electron chi connectivity index (χ3n) is 7.41. The lowest BCUT2D eigenvalue weighted by atomic mass is 9.99. The first-order valence-corrected chi connectivity index (χ1v) is 15.9. The molecule has 42 heavy (non-hydrogen) atoms. The summed E-state index contributed by atoms with van der Waals surface area (Å²) in [6.45, 7) is 10.8. The highest BCUT2D eigenvalue weighted by molar-refractivity contribution is 7.22. The Morgan fingerprint density at radius 3 is 2.31 bits per heavy atom. The summed E-state index contributed by atoms with van der Waals surface area (Å²) in [6, 6.07) is 25.3. The summed E-state index contributed by atoms with van der Waals surface area (Å²) in [5.41, 5.74) is 3.77. The first kappa shape index (κ1) is 29.9. The fourth-order valence-electron chi connectivity index (χ4n) is 5.16. The molecule has 3 aromatic carbocycles. The molecule has 5 rings (SSSR count). The molecule has 6 nitrogen and oxygen atoms in total. The van der Waals surface area contributed by atoms with E-state index in [0.29, 0.717) is 19.1 Å². The Morgan fingerprint density at radius 2 is 1.57 bits per heavy atom. The molecular weight excluding hydrogens is 544 g/mol. The summed E-state index contributed by atoms with van der Waals surface area (Å²) < 4.78 is 18.5. The summed E-state index contributed by atoms with van der Waals surface area (Å²) in [7, 11) is 0. The van der Waals surface area contributed by atoms with Gasteiger partial charge in [-0.3, -0.25) is 4.90 Å². The highest BCUT2D eigenvalue weighted by Crippen LogP contribution is 2.40. The van der Waals surface area contributed by atoms with Gasteiger partial charge in [-0.25, -0.2) is 4.79 Å². The number of fused-ring (bicyclic) bond motifs is 1. The van der Waals surface area contributed by atoms with Crippen LogP contribution in [0.15, 0.2) is 72.8 Å². The molecule has 0 saturated carbocycles. The Hall–Kier alpha value is -3.55. The quantitative estimate of drug-likeness (QED) is 0.173. The van der Waals surface area contributed by atoms with E-state index in [0.717, 1.165) is 31.1 Å². The number of benzene rings is 3. The number of hydrogen-bond acceptors (Lipinski definition) is 6. The van der Waals surface area contributed by atoms with Crippen molar-refractivity contribution in [2.75, 3.05) is 39.5 Å². The Balaban J connectivity index is 1.22. The van der Waals surface area contributed by atoms with Crippen molar-refractivity contribution < 1.29 is 19.0 Å². The smallest absolute Gasteiger partial charge is 0.407 e. The van der Waals surface area contributed by atoms with Gasteiger partial charge >= 0.3 is 6.09 Å². The topological polar surface area (TPSA) is 60.0 Å². The third kappa shape index (κ3) is 8.26. The number of ether oxygens (including phenoxy) is 3. The molecule has 1 N–H and O–H groups in total. The van der Waals surface area contributed by atoms with Crippen LogP contribution in [0.25, 0.3) is 20.5 Å². The van der Waals surface area contributed by atoms with Crippen molar-refractivity contribution in [2.45, 2.75) is 46.1 Å². The second-order valence-electron chi connectivity index (χ2n) is 11.5. The van der Waals surface area contributed by atoms with Gasteiger partial charge in [0.05, 0.1) is 12.6 Å². The van der Waals surface area contributed by atoms with E-state index >= 15 is 0 Å². The van der Waals surface area contributed by atoms with Crippen LogP contribution in [0.1, 0.15) is 44.7 Å². The molecule has 1 fully saturated rings. The van der Waals surface area contributed by atoms with Gasteiger partial charge in [0.2, 0.25) is 0 Å². The van der Waals surface area contributed by atoms with E-state index in [-0.39, 0.29) is 6.04 Å². The summed E-state index contributed by atoms with van der Waals surface area (Å²) in [5.74, 6) is 2.00. The summed E-state index contributed by atoms with van der Waals surface area (Å²) in [5, 5.41) is 4.12. The average molecular weight is 587 g/mol. The Morgan fingerprint density at radius 1 is 0.881 bits per heavy atom. The van der Waals surface area contributed by atoms with E-state index in [9.17, 15) is 4.79 Å². The SMILES string of the molecule is CC(C)COC(=O)N[C@H](C)COc1ccc(-c2sc3ccccc3c2Cc2ccc(OCCN3CCCC3)cc2)cc1. The van der Waals surface area contributed by atoms with Crippen LogP contribution in [0.3, 0.4) is 0 Å². The van der Waals surface area contributed by atoms with Crippen molar-refractivity contribution >= 4 is 27.5 Å². The lowest BCUT2D eigenvalue weighted by Crippen LogP contribution is -2.37. The predicted molar refractivity (Wildman–Crippen MR) is 172 cm³/mol. The molecule has 1 saturated heterocycles. The minimum Gasteiger partial charge on any atom is -0.492 e. The highest BCUT2D eigenvalue weighted by atomic mass is 32.1. The summed E-state index contributed by atoms with van der Waals surface area (Å²) in [4.78, 5) is 15.7. The van der Waals surface area contributed by atoms with Crippen LogP contribution < -0.4 is 14.8 Å². The maximum atomic E-state index is 11.9. The van der Waals surface area contributed by atoms with Gasteiger partial charge in [-0.15, -0.1) is 11.3 Å². The number of rotatable bonds is 13. The molecule has 4 aromatic rings. The number of hydrogen-bond donors (Lipinski definition) is 1. The maximum absolute atomic E-state index is 11.9. The van der Waals surface area contributed by atoms with E-state index < -0.39 is 6.09 Å². The molecule has 1 aliphatic heterocycles. The molecule has 0 spiro atoms. The highest BCUT2D eigenvalue weighted by Gasteiger charge is 2.16. The number of nitrogens with one attached hydrogen (secondary N) is 1. The zero-order chi connectivity index (χ0) is 29.3. The van der Waals surface area contributed by atoms with Crippen molar-refractivity contribution in [2.24, 2.45) is 5.92 Å². The average Bonchev–Trinajstić information content (AvgIpc) is 3.64. The van der Waals surface area contributed by atoms with E-state index in [1.807, 2.05) is 44.2 Å². The van der Waals surface area contributed by atoms with Gasteiger partial charge < -0.3 is 19.5 Å². The number of carbonyl (C=O) groups is 1. The van der Waals surface area contributed by atoms with Crippen LogP contribution >= 0.6 is 11.3 Å². The maximum Gasteiger partial charge on any atom is 0.407 e. The van der Waals surface area contributed by atoms with Crippen LogP contribution in [-0.2, 0) is 11.2 Å². The van der Waals surface area contributed by atoms with Gasteiger partial charge in [-0.2, -0.15) is 0 Å². The predicted octanol–water partition coefficient (Wildman–Crippen LogP) is 7.78. The van der Waals surface area contributed by atoms with Crippen molar-refractivity contribution in [3.05, 3.63) is 83.9 Å². The van der Waals surface area contributed by atoms with E-state index in [1.165, 1.54) is 57.6 Å². The van der Waals surface area contributed by atoms with Crippen LogP contribution in [0.4, 0.5) is 4.79 Å². The molecule has 222 valence electrons. The summed E-state index contributed by atoms with van der Waals surface area (Å²) in [6.07, 6.45) is 3.05. The lowest BCUT2D eigenvalue weighted by molar-refractivity contribution is 0.126. The molecule has 1 amide bonds. The normalized spacial score (nSPS) is 14.3. The van der Waals surface area contributed by atoms with Crippen LogP contribution in [0.5, 0.6) is 11.5 Å². The fourth-order valence-corrected chi connectivity index (χ4v) is 6.39. The minimum absolute atomic E-state index is 0.166. The molecule has 1 atom stereocenters. The largest absolute Gasteiger partial charge is 0.492 e. The van der Waals surface area contributed by atoms with Gasteiger partial charge in [0.15, 0.2) is 0 Å². The second-order valence-corrected chi connectivity index (χ2v) is 12.5. The van der Waals surface area contributed by atoms with E-state index in [2.05, 4.69) is 70.9 Å². The molecule has 0 radical (unpaired) electrons. The van der Waals surface area contributed by atoms with Crippen LogP contribution in [0, 0.1) is 5.92 Å². The summed E-state index contributed by atoms with van der Waals surface area (Å²) >= 11 is 1.83. The Kier molecular flexibility index (Phi) is 10.4. The zero-order valence-corrected chi connectivity index (χ0v) is 25.8. The molecular formula is C35H42N2O4S. The third-order valence-corrected chi connectivity index (χ3v) is 8.67. The Labute approximate surface area is 253 Å². The number of alkyl carbamates (subject to hydrolysis) is 1. The van der Waals surface area contributed by atoms with Crippen LogP contribution in [-0.4, -0.2) is 56.5 Å². The molecule has 0 aliphatic carbocycles. The van der Waals surface area contributed by atoms with Gasteiger partial charge in [0.25, 0.3) is 0 Å². The van der Waals surface area contributed by atoms with Crippen molar-refractivity contribution in [1.82, 2.24) is 10.2 Å². The van der Waals surface area contributed by atoms with Gasteiger partial charge in [0, 0.05) is 16.1 Å². The monoisotopic (exact) mass is 586 g/mol. The van der Waals surface area contributed by atoms with E-state index in [1.54, 1.807) is 0 Å². The second kappa shape index (κ2) is 14.6. The minimum atomic E-state index is -0.410. The Bertz CT molecular complexity index is 1430. The number of nitrogens with zero attached hydrogens (tertiary/aromatic N) is 1. The number of carbonyl (C=O) groups excluding carboxylic acids is 1. The molecule has 1 aliphatic rings. The molecule has 0 unspecified atom stereocenters. The molecule has 2 heterocycles. The first-order chi connectivity index (χ1) is 20.4. The van der Waals surface area contributed by atoms with Gasteiger partial charge in [0.1, 0.15) is 24.7 Å². The molecule has 0 bridgehead atoms. The zero-order valence-electron chi connectivity index (χ0n) is 24.9. The van der Waals surface area contributed by atoms with Gasteiger partial charge in [-0.05, 0) is 110 Å². The molecule has 7 heteroatoms. The number of amides is 1. The standard InChI is InChI=1S/C35H42N2O4S/c1-25(2)23-41-35(38)36-26(3)24-40-30-16-12-28(13-17-30)34-32(31-8-4-5-9-33(31)42-34)22-27-10-14-29(15-11-27)39-21-20-37-18-6-7-19-37/h4-5,8-17,25-26H,6-7,18-24H2,1-3H3,(H,36,38)/t26-/m1/s1. The first-order valence-electron chi connectivity index (χ1n) is 15.1. The van der Waals surface area contributed by atoms with Crippen molar-refractivity contribution in [3.8, 4) is 21.9 Å². The molecule has 1 aromatic heterocycles. The fraction of sp³-hybridized carbons (Fsp3) is 0.400. The van der Waals surface area contributed by atoms with Gasteiger partial charge in [-0.1, -0.05) is 44.2 Å². The van der Waals surface area contributed by atoms with E-state index in [4.69, 9.17) is 14.2 Å².